The molecule has 0 aromatic rings. The maximum atomic E-state index is 10.1. The number of ether oxygens (including phenoxy) is 1. The van der Waals surface area contributed by atoms with E-state index in [2.05, 4.69) is 11.9 Å². The van der Waals surface area contributed by atoms with Crippen LogP contribution >= 0.6 is 0 Å². The number of nitrogens with zero attached hydrogens (tertiary/aromatic N) is 1. The second-order valence-corrected chi connectivity index (χ2v) is 3.53. The molecule has 2 atom stereocenters. The third kappa shape index (κ3) is 3.71. The molecule has 1 fully saturated rings. The molecule has 74 valence electrons. The number of carbonyl (C=O) groups excluding carboxylic acids is 1. The van der Waals surface area contributed by atoms with Gasteiger partial charge in [0.2, 0.25) is 6.08 Å². The number of isocyanates is 1. The smallest absolute Gasteiger partial charge is 0.235 e. The lowest BCUT2D eigenvalue weighted by Crippen LogP contribution is -2.25. The highest BCUT2D eigenvalue weighted by molar-refractivity contribution is 5.33. The zero-order valence-electron chi connectivity index (χ0n) is 8.16. The van der Waals surface area contributed by atoms with Gasteiger partial charge in [-0.25, -0.2) is 9.79 Å². The molecule has 0 aromatic carbocycles. The fourth-order valence-electron chi connectivity index (χ4n) is 1.75. The van der Waals surface area contributed by atoms with Crippen molar-refractivity contribution in [3.05, 3.63) is 0 Å². The summed E-state index contributed by atoms with van der Waals surface area (Å²) in [5.41, 5.74) is 0. The van der Waals surface area contributed by atoms with Gasteiger partial charge in [0.05, 0.1) is 12.1 Å². The minimum absolute atomic E-state index is 0.160. The molecule has 0 radical (unpaired) electrons. The Morgan fingerprint density at radius 3 is 3.08 bits per heavy atom. The van der Waals surface area contributed by atoms with Crippen molar-refractivity contribution in [1.82, 2.24) is 0 Å². The first-order chi connectivity index (χ1) is 6.36. The van der Waals surface area contributed by atoms with Crippen molar-refractivity contribution in [1.29, 1.82) is 0 Å². The van der Waals surface area contributed by atoms with Crippen LogP contribution in [0.2, 0.25) is 0 Å². The summed E-state index contributed by atoms with van der Waals surface area (Å²) >= 11 is 0. The topological polar surface area (TPSA) is 38.7 Å². The summed E-state index contributed by atoms with van der Waals surface area (Å²) in [5, 5.41) is 0. The van der Waals surface area contributed by atoms with Gasteiger partial charge >= 0.3 is 0 Å². The predicted octanol–water partition coefficient (Wildman–Crippen LogP) is 2.06. The Kier molecular flexibility index (Phi) is 4.73. The van der Waals surface area contributed by atoms with Gasteiger partial charge in [-0.05, 0) is 32.1 Å². The Bertz CT molecular complexity index is 187. The zero-order chi connectivity index (χ0) is 9.52. The number of hydrogen-bond acceptors (Lipinski definition) is 3. The quantitative estimate of drug-likeness (QED) is 0.494. The standard InChI is InChI=1S/C10H17NO2/c1-2-6-13-10-5-3-4-9(7-10)11-8-12/h9-10H,2-7H2,1H3/t9-,10+/m0/s1. The van der Waals surface area contributed by atoms with E-state index in [-0.39, 0.29) is 6.04 Å². The Morgan fingerprint density at radius 1 is 1.54 bits per heavy atom. The fraction of sp³-hybridized carbons (Fsp3) is 0.900. The van der Waals surface area contributed by atoms with Gasteiger partial charge < -0.3 is 4.74 Å². The summed E-state index contributed by atoms with van der Waals surface area (Å²) in [6, 6.07) is 0.160. The van der Waals surface area contributed by atoms with Crippen LogP contribution in [0.15, 0.2) is 4.99 Å². The summed E-state index contributed by atoms with van der Waals surface area (Å²) in [4.78, 5) is 13.8. The lowest BCUT2D eigenvalue weighted by molar-refractivity contribution is 0.0242. The minimum atomic E-state index is 0.160. The van der Waals surface area contributed by atoms with Crippen molar-refractivity contribution in [3.63, 3.8) is 0 Å². The van der Waals surface area contributed by atoms with Crippen LogP contribution in [-0.2, 0) is 9.53 Å². The molecule has 3 heteroatoms. The third-order valence-corrected chi connectivity index (χ3v) is 2.39. The summed E-state index contributed by atoms with van der Waals surface area (Å²) in [5.74, 6) is 0. The summed E-state index contributed by atoms with van der Waals surface area (Å²) in [6.07, 6.45) is 7.15. The largest absolute Gasteiger partial charge is 0.378 e. The fourth-order valence-corrected chi connectivity index (χ4v) is 1.75. The van der Waals surface area contributed by atoms with E-state index in [1.165, 1.54) is 0 Å². The van der Waals surface area contributed by atoms with Gasteiger partial charge in [-0.2, -0.15) is 0 Å². The molecule has 1 aliphatic rings. The van der Waals surface area contributed by atoms with Crippen LogP contribution < -0.4 is 0 Å². The molecule has 0 spiro atoms. The Balaban J connectivity index is 2.28. The lowest BCUT2D eigenvalue weighted by Gasteiger charge is -2.25. The van der Waals surface area contributed by atoms with Crippen molar-refractivity contribution in [2.75, 3.05) is 6.61 Å². The molecular formula is C10H17NO2. The molecule has 1 saturated carbocycles. The van der Waals surface area contributed by atoms with Gasteiger partial charge in [0.1, 0.15) is 0 Å². The van der Waals surface area contributed by atoms with Gasteiger partial charge in [-0.15, -0.1) is 0 Å². The van der Waals surface area contributed by atoms with Crippen molar-refractivity contribution in [2.24, 2.45) is 4.99 Å². The normalized spacial score (nSPS) is 28.1. The van der Waals surface area contributed by atoms with Crippen LogP contribution in [-0.4, -0.2) is 24.8 Å². The molecule has 3 nitrogen and oxygen atoms in total. The zero-order valence-corrected chi connectivity index (χ0v) is 8.16. The van der Waals surface area contributed by atoms with E-state index in [0.29, 0.717) is 6.10 Å². The second kappa shape index (κ2) is 5.90. The molecule has 13 heavy (non-hydrogen) atoms. The van der Waals surface area contributed by atoms with Crippen molar-refractivity contribution < 1.29 is 9.53 Å². The highest BCUT2D eigenvalue weighted by Crippen LogP contribution is 2.23. The molecule has 0 bridgehead atoms. The molecule has 0 amide bonds. The Hall–Kier alpha value is -0.660. The van der Waals surface area contributed by atoms with Crippen LogP contribution in [0.1, 0.15) is 39.0 Å². The molecule has 0 aromatic heterocycles. The average Bonchev–Trinajstić information content (AvgIpc) is 2.16. The van der Waals surface area contributed by atoms with E-state index < -0.39 is 0 Å². The van der Waals surface area contributed by atoms with Gasteiger partial charge in [0.25, 0.3) is 0 Å². The first kappa shape index (κ1) is 10.4. The molecule has 1 rings (SSSR count). The van der Waals surface area contributed by atoms with Gasteiger partial charge in [0.15, 0.2) is 0 Å². The minimum Gasteiger partial charge on any atom is -0.378 e. The van der Waals surface area contributed by atoms with E-state index in [9.17, 15) is 4.79 Å². The summed E-state index contributed by atoms with van der Waals surface area (Å²) in [7, 11) is 0. The average molecular weight is 183 g/mol. The second-order valence-electron chi connectivity index (χ2n) is 3.53. The van der Waals surface area contributed by atoms with Crippen LogP contribution in [0.5, 0.6) is 0 Å². The maximum Gasteiger partial charge on any atom is 0.235 e. The van der Waals surface area contributed by atoms with E-state index in [4.69, 9.17) is 4.74 Å². The number of aliphatic imine (C=N–C) groups is 1. The molecule has 0 N–H and O–H groups in total. The van der Waals surface area contributed by atoms with Crippen molar-refractivity contribution in [3.8, 4) is 0 Å². The van der Waals surface area contributed by atoms with Crippen LogP contribution in [0.3, 0.4) is 0 Å². The highest BCUT2D eigenvalue weighted by atomic mass is 16.5. The predicted molar refractivity (Wildman–Crippen MR) is 50.4 cm³/mol. The number of hydrogen-bond donors (Lipinski definition) is 0. The molecule has 1 aliphatic carbocycles. The molecule has 0 heterocycles. The van der Waals surface area contributed by atoms with Gasteiger partial charge in [0, 0.05) is 6.61 Å². The summed E-state index contributed by atoms with van der Waals surface area (Å²) in [6.45, 7) is 2.92. The van der Waals surface area contributed by atoms with Crippen molar-refractivity contribution >= 4 is 6.08 Å². The lowest BCUT2D eigenvalue weighted by atomic mass is 9.93. The highest BCUT2D eigenvalue weighted by Gasteiger charge is 2.21. The number of rotatable bonds is 4. The maximum absolute atomic E-state index is 10.1. The monoisotopic (exact) mass is 183 g/mol. The Morgan fingerprint density at radius 2 is 2.38 bits per heavy atom. The SMILES string of the molecule is CCCO[C@@H]1CCC[C@H](N=C=O)C1. The van der Waals surface area contributed by atoms with E-state index in [1.807, 2.05) is 0 Å². The van der Waals surface area contributed by atoms with Crippen LogP contribution in [0, 0.1) is 0 Å². The molecule has 0 aliphatic heterocycles. The molecule has 0 saturated heterocycles. The Labute approximate surface area is 79.2 Å². The van der Waals surface area contributed by atoms with E-state index in [0.717, 1.165) is 38.7 Å². The van der Waals surface area contributed by atoms with Gasteiger partial charge in [-0.3, -0.25) is 0 Å². The van der Waals surface area contributed by atoms with Crippen LogP contribution in [0.4, 0.5) is 0 Å². The van der Waals surface area contributed by atoms with Crippen LogP contribution in [0.25, 0.3) is 0 Å². The van der Waals surface area contributed by atoms with Gasteiger partial charge in [-0.1, -0.05) is 6.92 Å². The summed E-state index contributed by atoms with van der Waals surface area (Å²) < 4.78 is 5.62. The first-order valence-corrected chi connectivity index (χ1v) is 5.05. The first-order valence-electron chi connectivity index (χ1n) is 5.05. The molecular weight excluding hydrogens is 166 g/mol. The van der Waals surface area contributed by atoms with Crippen molar-refractivity contribution in [2.45, 2.75) is 51.2 Å². The third-order valence-electron chi connectivity index (χ3n) is 2.39. The van der Waals surface area contributed by atoms with E-state index in [1.54, 1.807) is 6.08 Å². The van der Waals surface area contributed by atoms with E-state index >= 15 is 0 Å². The molecule has 0 unspecified atom stereocenters.